The summed E-state index contributed by atoms with van der Waals surface area (Å²) in [5.74, 6) is 1.50. The lowest BCUT2D eigenvalue weighted by Gasteiger charge is -2.31. The molecule has 2 aliphatic rings. The number of hydrogen-bond acceptors (Lipinski definition) is 5. The molecule has 5 heteroatoms. The molecule has 0 amide bonds. The maximum absolute atomic E-state index is 9.53. The van der Waals surface area contributed by atoms with Crippen molar-refractivity contribution < 1.29 is 0 Å². The van der Waals surface area contributed by atoms with Gasteiger partial charge in [-0.05, 0) is 64.1 Å². The van der Waals surface area contributed by atoms with Gasteiger partial charge in [-0.3, -0.25) is 0 Å². The Kier molecular flexibility index (Phi) is 4.07. The van der Waals surface area contributed by atoms with Crippen molar-refractivity contribution in [2.75, 3.05) is 24.5 Å². The van der Waals surface area contributed by atoms with Crippen molar-refractivity contribution in [3.63, 3.8) is 0 Å². The van der Waals surface area contributed by atoms with E-state index in [-0.39, 0.29) is 0 Å². The predicted molar refractivity (Wildman–Crippen MR) is 82.2 cm³/mol. The van der Waals surface area contributed by atoms with E-state index < -0.39 is 0 Å². The van der Waals surface area contributed by atoms with Crippen molar-refractivity contribution in [3.8, 4) is 6.07 Å². The van der Waals surface area contributed by atoms with Crippen LogP contribution in [0.3, 0.4) is 0 Å². The van der Waals surface area contributed by atoms with E-state index in [1.54, 1.807) is 0 Å². The molecule has 2 fully saturated rings. The highest BCUT2D eigenvalue weighted by molar-refractivity contribution is 5.58. The van der Waals surface area contributed by atoms with Gasteiger partial charge in [0.2, 0.25) is 0 Å². The smallest absolute Gasteiger partial charge is 0.169 e. The second-order valence-corrected chi connectivity index (χ2v) is 6.30. The van der Waals surface area contributed by atoms with Crippen LogP contribution in [0.5, 0.6) is 0 Å². The molecule has 0 atom stereocenters. The van der Waals surface area contributed by atoms with Gasteiger partial charge in [0.15, 0.2) is 5.82 Å². The highest BCUT2D eigenvalue weighted by atomic mass is 15.3. The van der Waals surface area contributed by atoms with E-state index in [1.807, 2.05) is 13.8 Å². The molecule has 1 aliphatic carbocycles. The summed E-state index contributed by atoms with van der Waals surface area (Å²) in [6, 6.07) is 2.91. The molecule has 0 unspecified atom stereocenters. The summed E-state index contributed by atoms with van der Waals surface area (Å²) in [5, 5.41) is 21.6. The van der Waals surface area contributed by atoms with Gasteiger partial charge in [0.05, 0.1) is 5.69 Å². The number of nitrogens with zero attached hydrogens (tertiary/aromatic N) is 4. The molecule has 0 spiro atoms. The molecule has 21 heavy (non-hydrogen) atoms. The van der Waals surface area contributed by atoms with Crippen LogP contribution in [0.1, 0.15) is 42.5 Å². The number of nitrogens with one attached hydrogen (secondary N) is 1. The maximum atomic E-state index is 9.53. The monoisotopic (exact) mass is 285 g/mol. The van der Waals surface area contributed by atoms with Crippen molar-refractivity contribution in [1.82, 2.24) is 15.5 Å². The summed E-state index contributed by atoms with van der Waals surface area (Å²) in [7, 11) is 0. The van der Waals surface area contributed by atoms with Gasteiger partial charge in [0, 0.05) is 12.6 Å². The Morgan fingerprint density at radius 1 is 1.19 bits per heavy atom. The zero-order valence-corrected chi connectivity index (χ0v) is 12.9. The van der Waals surface area contributed by atoms with Gasteiger partial charge in [-0.2, -0.15) is 10.4 Å². The van der Waals surface area contributed by atoms with Crippen LogP contribution >= 0.6 is 0 Å². The second-order valence-electron chi connectivity index (χ2n) is 6.30. The SMILES string of the molecule is Cc1nnc(N(CC2CCNCC2)C2CC2)c(C#N)c1C. The summed E-state index contributed by atoms with van der Waals surface area (Å²) in [4.78, 5) is 2.36. The van der Waals surface area contributed by atoms with E-state index in [9.17, 15) is 5.26 Å². The molecule has 5 nitrogen and oxygen atoms in total. The minimum Gasteiger partial charge on any atom is -0.351 e. The van der Waals surface area contributed by atoms with Crippen molar-refractivity contribution >= 4 is 5.82 Å². The zero-order chi connectivity index (χ0) is 14.8. The zero-order valence-electron chi connectivity index (χ0n) is 12.9. The Morgan fingerprint density at radius 3 is 2.52 bits per heavy atom. The summed E-state index contributed by atoms with van der Waals surface area (Å²) in [5.41, 5.74) is 2.54. The summed E-state index contributed by atoms with van der Waals surface area (Å²) in [6.07, 6.45) is 4.85. The Balaban J connectivity index is 1.87. The third-order valence-electron chi connectivity index (χ3n) is 4.72. The van der Waals surface area contributed by atoms with Crippen molar-refractivity contribution in [2.45, 2.75) is 45.6 Å². The quantitative estimate of drug-likeness (QED) is 0.915. The predicted octanol–water partition coefficient (Wildman–Crippen LogP) is 1.93. The molecule has 0 aromatic carbocycles. The van der Waals surface area contributed by atoms with Gasteiger partial charge < -0.3 is 10.2 Å². The van der Waals surface area contributed by atoms with E-state index in [1.165, 1.54) is 25.7 Å². The molecule has 1 aromatic heterocycles. The Labute approximate surface area is 126 Å². The lowest BCUT2D eigenvalue weighted by molar-refractivity contribution is 0.371. The molecule has 112 valence electrons. The van der Waals surface area contributed by atoms with E-state index in [2.05, 4.69) is 26.5 Å². The summed E-state index contributed by atoms with van der Waals surface area (Å²) >= 11 is 0. The van der Waals surface area contributed by atoms with Crippen LogP contribution in [0.2, 0.25) is 0 Å². The molecule has 1 aromatic rings. The van der Waals surface area contributed by atoms with E-state index in [0.29, 0.717) is 17.5 Å². The molecular weight excluding hydrogens is 262 g/mol. The first-order valence-corrected chi connectivity index (χ1v) is 7.92. The van der Waals surface area contributed by atoms with E-state index in [0.717, 1.165) is 36.7 Å². The van der Waals surface area contributed by atoms with Crippen LogP contribution in [0.4, 0.5) is 5.82 Å². The molecular formula is C16H23N5. The second kappa shape index (κ2) is 5.98. The highest BCUT2D eigenvalue weighted by Gasteiger charge is 2.34. The fraction of sp³-hybridized carbons (Fsp3) is 0.688. The number of rotatable bonds is 4. The van der Waals surface area contributed by atoms with Crippen LogP contribution < -0.4 is 10.2 Å². The van der Waals surface area contributed by atoms with Crippen LogP contribution in [-0.2, 0) is 0 Å². The summed E-state index contributed by atoms with van der Waals surface area (Å²) in [6.45, 7) is 7.11. The van der Waals surface area contributed by atoms with Crippen molar-refractivity contribution in [3.05, 3.63) is 16.8 Å². The average Bonchev–Trinajstić information content (AvgIpc) is 3.33. The lowest BCUT2D eigenvalue weighted by Crippen LogP contribution is -2.38. The molecule has 1 saturated heterocycles. The van der Waals surface area contributed by atoms with Gasteiger partial charge >= 0.3 is 0 Å². The Bertz CT molecular complexity index is 553. The van der Waals surface area contributed by atoms with Crippen LogP contribution in [0.15, 0.2) is 0 Å². The summed E-state index contributed by atoms with van der Waals surface area (Å²) < 4.78 is 0. The number of hydrogen-bond donors (Lipinski definition) is 1. The van der Waals surface area contributed by atoms with Crippen LogP contribution in [-0.4, -0.2) is 35.9 Å². The third-order valence-corrected chi connectivity index (χ3v) is 4.72. The Hall–Kier alpha value is -1.67. The number of anilines is 1. The van der Waals surface area contributed by atoms with Gasteiger partial charge in [-0.1, -0.05) is 0 Å². The van der Waals surface area contributed by atoms with Crippen LogP contribution in [0, 0.1) is 31.1 Å². The van der Waals surface area contributed by atoms with Gasteiger partial charge in [-0.25, -0.2) is 0 Å². The minimum absolute atomic E-state index is 0.559. The topological polar surface area (TPSA) is 64.8 Å². The maximum Gasteiger partial charge on any atom is 0.169 e. The molecule has 0 radical (unpaired) electrons. The molecule has 1 N–H and O–H groups in total. The fourth-order valence-electron chi connectivity index (χ4n) is 3.07. The number of piperidine rings is 1. The molecule has 1 saturated carbocycles. The largest absolute Gasteiger partial charge is 0.351 e. The van der Waals surface area contributed by atoms with Crippen molar-refractivity contribution in [2.24, 2.45) is 5.92 Å². The van der Waals surface area contributed by atoms with Gasteiger partial charge in [0.1, 0.15) is 11.6 Å². The Morgan fingerprint density at radius 2 is 1.90 bits per heavy atom. The van der Waals surface area contributed by atoms with Gasteiger partial charge in [0.25, 0.3) is 0 Å². The van der Waals surface area contributed by atoms with E-state index in [4.69, 9.17) is 0 Å². The number of nitriles is 1. The third kappa shape index (κ3) is 3.01. The first-order chi connectivity index (χ1) is 10.2. The normalized spacial score (nSPS) is 19.3. The number of aromatic nitrogens is 2. The fourth-order valence-corrected chi connectivity index (χ4v) is 3.07. The first-order valence-electron chi connectivity index (χ1n) is 7.92. The molecule has 2 heterocycles. The average molecular weight is 285 g/mol. The van der Waals surface area contributed by atoms with E-state index >= 15 is 0 Å². The molecule has 0 bridgehead atoms. The van der Waals surface area contributed by atoms with Crippen molar-refractivity contribution in [1.29, 1.82) is 5.26 Å². The highest BCUT2D eigenvalue weighted by Crippen LogP contribution is 2.34. The first kappa shape index (κ1) is 14.3. The lowest BCUT2D eigenvalue weighted by atomic mass is 9.97. The van der Waals surface area contributed by atoms with Gasteiger partial charge in [-0.15, -0.1) is 5.10 Å². The number of aryl methyl sites for hydroxylation is 1. The standard InChI is InChI=1S/C16H23N5/c1-11-12(2)19-20-16(15(11)9-17)21(14-3-4-14)10-13-5-7-18-8-6-13/h13-14,18H,3-8,10H2,1-2H3. The minimum atomic E-state index is 0.559. The molecule has 1 aliphatic heterocycles. The molecule has 3 rings (SSSR count). The van der Waals surface area contributed by atoms with Crippen LogP contribution in [0.25, 0.3) is 0 Å².